The van der Waals surface area contributed by atoms with Crippen molar-refractivity contribution in [2.24, 2.45) is 0 Å². The Morgan fingerprint density at radius 1 is 0.938 bits per heavy atom. The maximum atomic E-state index is 11.3. The molecule has 0 spiro atoms. The smallest absolute Gasteiger partial charge is 0.290 e. The molecule has 1 aromatic heterocycles. The number of rotatable bonds is 0. The first-order valence-electron chi connectivity index (χ1n) is 4.99. The van der Waals surface area contributed by atoms with Crippen LogP contribution in [0.2, 0.25) is 0 Å². The average Bonchev–Trinajstić information content (AvgIpc) is 2.28. The molecular formula is C13H9NO2. The lowest BCUT2D eigenvalue weighted by atomic mass is 10.1. The predicted octanol–water partition coefficient (Wildman–Crippen LogP) is 2.39. The normalized spacial score (nSPS) is 11.0. The molecular weight excluding hydrogens is 202 g/mol. The minimum absolute atomic E-state index is 0.247. The lowest BCUT2D eigenvalue weighted by Gasteiger charge is -2.02. The molecule has 3 heteroatoms. The zero-order chi connectivity index (χ0) is 11.1. The molecule has 0 saturated carbocycles. The molecule has 3 nitrogen and oxygen atoms in total. The summed E-state index contributed by atoms with van der Waals surface area (Å²) >= 11 is 0. The van der Waals surface area contributed by atoms with Gasteiger partial charge in [0.05, 0.1) is 0 Å². The number of aromatic amines is 1. The first kappa shape index (κ1) is 8.97. The second kappa shape index (κ2) is 3.10. The summed E-state index contributed by atoms with van der Waals surface area (Å²) in [5, 5.41) is 12.3. The molecule has 0 aliphatic heterocycles. The fraction of sp³-hybridized carbons (Fsp3) is 0. The molecule has 0 saturated heterocycles. The molecule has 78 valence electrons. The average molecular weight is 211 g/mol. The van der Waals surface area contributed by atoms with Crippen LogP contribution in [0.15, 0.2) is 47.3 Å². The number of nitrogens with one attached hydrogen (secondary N) is 1. The van der Waals surface area contributed by atoms with Crippen molar-refractivity contribution < 1.29 is 5.11 Å². The van der Waals surface area contributed by atoms with Crippen LogP contribution in [0.5, 0.6) is 5.75 Å². The Balaban J connectivity index is 2.51. The van der Waals surface area contributed by atoms with Crippen LogP contribution in [-0.2, 0) is 0 Å². The highest BCUT2D eigenvalue weighted by Crippen LogP contribution is 2.21. The van der Waals surface area contributed by atoms with Crippen molar-refractivity contribution in [2.75, 3.05) is 0 Å². The zero-order valence-corrected chi connectivity index (χ0v) is 8.40. The fourth-order valence-electron chi connectivity index (χ4n) is 1.88. The van der Waals surface area contributed by atoms with Gasteiger partial charge in [0.15, 0.2) is 5.75 Å². The second-order valence-corrected chi connectivity index (χ2v) is 3.77. The van der Waals surface area contributed by atoms with Gasteiger partial charge in [-0.3, -0.25) is 4.79 Å². The number of fused-ring (bicyclic) bond motifs is 2. The maximum absolute atomic E-state index is 11.3. The maximum Gasteiger partial charge on any atom is 0.290 e. The van der Waals surface area contributed by atoms with Crippen molar-refractivity contribution in [3.8, 4) is 5.75 Å². The molecule has 0 atom stereocenters. The summed E-state index contributed by atoms with van der Waals surface area (Å²) in [5.41, 5.74) is 0.282. The summed E-state index contributed by atoms with van der Waals surface area (Å²) in [4.78, 5) is 13.9. The van der Waals surface area contributed by atoms with Crippen molar-refractivity contribution in [3.05, 3.63) is 52.8 Å². The monoisotopic (exact) mass is 211 g/mol. The molecule has 0 aliphatic rings. The van der Waals surface area contributed by atoms with E-state index in [9.17, 15) is 9.90 Å². The summed E-state index contributed by atoms with van der Waals surface area (Å²) < 4.78 is 0. The van der Waals surface area contributed by atoms with Crippen LogP contribution in [-0.4, -0.2) is 10.1 Å². The van der Waals surface area contributed by atoms with Crippen LogP contribution in [0.1, 0.15) is 0 Å². The van der Waals surface area contributed by atoms with Gasteiger partial charge in [0.2, 0.25) is 0 Å². The highest BCUT2D eigenvalue weighted by molar-refractivity contribution is 5.96. The Morgan fingerprint density at radius 3 is 2.38 bits per heavy atom. The Hall–Kier alpha value is -2.29. The molecule has 1 heterocycles. The van der Waals surface area contributed by atoms with E-state index in [0.717, 1.165) is 21.7 Å². The van der Waals surface area contributed by atoms with Crippen molar-refractivity contribution in [3.63, 3.8) is 0 Å². The number of aromatic nitrogens is 1. The van der Waals surface area contributed by atoms with Gasteiger partial charge in [-0.1, -0.05) is 24.3 Å². The van der Waals surface area contributed by atoms with Crippen molar-refractivity contribution in [2.45, 2.75) is 0 Å². The third-order valence-corrected chi connectivity index (χ3v) is 2.69. The van der Waals surface area contributed by atoms with Crippen molar-refractivity contribution in [1.29, 1.82) is 0 Å². The van der Waals surface area contributed by atoms with E-state index in [0.29, 0.717) is 0 Å². The van der Waals surface area contributed by atoms with Crippen molar-refractivity contribution >= 4 is 21.7 Å². The lowest BCUT2D eigenvalue weighted by molar-refractivity contribution is 0.468. The second-order valence-electron chi connectivity index (χ2n) is 3.77. The van der Waals surface area contributed by atoms with E-state index < -0.39 is 5.56 Å². The van der Waals surface area contributed by atoms with Gasteiger partial charge in [0.25, 0.3) is 5.56 Å². The predicted molar refractivity (Wildman–Crippen MR) is 63.7 cm³/mol. The van der Waals surface area contributed by atoms with E-state index in [1.165, 1.54) is 6.07 Å². The van der Waals surface area contributed by atoms with E-state index in [1.54, 1.807) is 0 Å². The molecule has 2 N–H and O–H groups in total. The minimum Gasteiger partial charge on any atom is -0.503 e. The van der Waals surface area contributed by atoms with Gasteiger partial charge in [0, 0.05) is 10.9 Å². The van der Waals surface area contributed by atoms with Gasteiger partial charge in [-0.2, -0.15) is 0 Å². The highest BCUT2D eigenvalue weighted by atomic mass is 16.3. The summed E-state index contributed by atoms with van der Waals surface area (Å²) in [6.45, 7) is 0. The van der Waals surface area contributed by atoms with Crippen LogP contribution in [0.4, 0.5) is 0 Å². The third-order valence-electron chi connectivity index (χ3n) is 2.69. The Kier molecular flexibility index (Phi) is 1.74. The summed E-state index contributed by atoms with van der Waals surface area (Å²) in [6, 6.07) is 13.2. The van der Waals surface area contributed by atoms with E-state index >= 15 is 0 Å². The molecule has 0 amide bonds. The summed E-state index contributed by atoms with van der Waals surface area (Å²) in [6.07, 6.45) is 0. The quantitative estimate of drug-likeness (QED) is 0.561. The lowest BCUT2D eigenvalue weighted by Crippen LogP contribution is -2.03. The number of benzene rings is 2. The Bertz CT molecular complexity index is 744. The summed E-state index contributed by atoms with van der Waals surface area (Å²) in [7, 11) is 0. The van der Waals surface area contributed by atoms with E-state index in [2.05, 4.69) is 4.98 Å². The van der Waals surface area contributed by atoms with Gasteiger partial charge in [-0.15, -0.1) is 0 Å². The third kappa shape index (κ3) is 1.26. The molecule has 0 radical (unpaired) electrons. The first-order chi connectivity index (χ1) is 7.74. The van der Waals surface area contributed by atoms with Crippen LogP contribution in [0, 0.1) is 0 Å². The molecule has 0 fully saturated rings. The molecule has 0 aliphatic carbocycles. The Labute approximate surface area is 91.0 Å². The van der Waals surface area contributed by atoms with E-state index in [4.69, 9.17) is 0 Å². The number of hydrogen-bond acceptors (Lipinski definition) is 2. The van der Waals surface area contributed by atoms with E-state index in [1.807, 2.05) is 36.4 Å². The van der Waals surface area contributed by atoms with Gasteiger partial charge >= 0.3 is 0 Å². The molecule has 3 rings (SSSR count). The summed E-state index contributed by atoms with van der Waals surface area (Å²) in [5.74, 6) is -0.247. The molecule has 0 bridgehead atoms. The van der Waals surface area contributed by atoms with Crippen molar-refractivity contribution in [1.82, 2.24) is 4.98 Å². The van der Waals surface area contributed by atoms with Gasteiger partial charge in [-0.25, -0.2) is 0 Å². The largest absolute Gasteiger partial charge is 0.503 e. The molecule has 2 aromatic carbocycles. The zero-order valence-electron chi connectivity index (χ0n) is 8.40. The number of H-pyrrole nitrogens is 1. The van der Waals surface area contributed by atoms with Gasteiger partial charge in [0.1, 0.15) is 0 Å². The SMILES string of the molecule is O=c1[nH]c2cc3ccccc3cc2cc1O. The Morgan fingerprint density at radius 2 is 1.62 bits per heavy atom. The van der Waals surface area contributed by atoms with Gasteiger partial charge in [-0.05, 0) is 29.0 Å². The van der Waals surface area contributed by atoms with Gasteiger partial charge < -0.3 is 10.1 Å². The molecule has 3 aromatic rings. The van der Waals surface area contributed by atoms with E-state index in [-0.39, 0.29) is 5.75 Å². The topological polar surface area (TPSA) is 53.1 Å². The molecule has 0 unspecified atom stereocenters. The molecule has 16 heavy (non-hydrogen) atoms. The fourth-order valence-corrected chi connectivity index (χ4v) is 1.88. The highest BCUT2D eigenvalue weighted by Gasteiger charge is 2.02. The van der Waals surface area contributed by atoms with Crippen LogP contribution < -0.4 is 5.56 Å². The first-order valence-corrected chi connectivity index (χ1v) is 4.99. The van der Waals surface area contributed by atoms with Crippen LogP contribution in [0.25, 0.3) is 21.7 Å². The van der Waals surface area contributed by atoms with Crippen LogP contribution in [0.3, 0.4) is 0 Å². The minimum atomic E-state index is -0.456. The standard InChI is InChI=1S/C13H9NO2/c15-12-7-10-5-8-3-1-2-4-9(8)6-11(10)14-13(12)16/h1-7,15H,(H,14,16). The number of pyridine rings is 1. The number of hydrogen-bond donors (Lipinski definition) is 2. The number of aromatic hydroxyl groups is 1. The van der Waals surface area contributed by atoms with Crippen LogP contribution >= 0.6 is 0 Å².